The number of hydrogen-bond donors (Lipinski definition) is 2. The summed E-state index contributed by atoms with van der Waals surface area (Å²) in [4.78, 5) is 0. The van der Waals surface area contributed by atoms with Gasteiger partial charge in [0.25, 0.3) is 0 Å². The van der Waals surface area contributed by atoms with Gasteiger partial charge in [-0.2, -0.15) is 0 Å². The van der Waals surface area contributed by atoms with Crippen molar-refractivity contribution in [1.29, 1.82) is 0 Å². The fraction of sp³-hybridized carbons (Fsp3) is 0.400. The van der Waals surface area contributed by atoms with Crippen molar-refractivity contribution in [3.8, 4) is 11.1 Å². The van der Waals surface area contributed by atoms with Gasteiger partial charge in [0.1, 0.15) is 5.82 Å². The first-order valence-corrected chi connectivity index (χ1v) is 8.19. The molecule has 23 heavy (non-hydrogen) atoms. The quantitative estimate of drug-likeness (QED) is 0.813. The molecule has 0 spiro atoms. The van der Waals surface area contributed by atoms with Crippen LogP contribution in [0.4, 0.5) is 4.39 Å². The lowest BCUT2D eigenvalue weighted by Crippen LogP contribution is -2.12. The van der Waals surface area contributed by atoms with Gasteiger partial charge in [-0.15, -0.1) is 0 Å². The molecule has 0 saturated carbocycles. The fourth-order valence-corrected chi connectivity index (χ4v) is 2.81. The monoisotopic (exact) mass is 316 g/mol. The van der Waals surface area contributed by atoms with Crippen molar-refractivity contribution in [3.05, 3.63) is 58.9 Å². The number of halogens is 1. The van der Waals surface area contributed by atoms with Gasteiger partial charge in [-0.1, -0.05) is 37.3 Å². The molecule has 0 fully saturated rings. The van der Waals surface area contributed by atoms with Crippen LogP contribution in [0.5, 0.6) is 0 Å². The molecule has 0 unspecified atom stereocenters. The van der Waals surface area contributed by atoms with Gasteiger partial charge in [0.05, 0.1) is 0 Å². The summed E-state index contributed by atoms with van der Waals surface area (Å²) in [6.07, 6.45) is 2.38. The number of aliphatic hydroxyl groups excluding tert-OH is 2. The van der Waals surface area contributed by atoms with Crippen molar-refractivity contribution in [2.75, 3.05) is 13.2 Å². The van der Waals surface area contributed by atoms with Crippen LogP contribution in [0.2, 0.25) is 0 Å². The minimum absolute atomic E-state index is 0.00377. The van der Waals surface area contributed by atoms with Crippen LogP contribution in [0.15, 0.2) is 36.4 Å². The highest BCUT2D eigenvalue weighted by molar-refractivity contribution is 5.68. The van der Waals surface area contributed by atoms with Gasteiger partial charge in [0.2, 0.25) is 0 Å². The van der Waals surface area contributed by atoms with Crippen LogP contribution in [0.3, 0.4) is 0 Å². The number of hydrogen-bond acceptors (Lipinski definition) is 2. The predicted octanol–water partition coefficient (Wildman–Crippen LogP) is 3.90. The van der Waals surface area contributed by atoms with E-state index >= 15 is 0 Å². The van der Waals surface area contributed by atoms with Crippen molar-refractivity contribution in [2.24, 2.45) is 5.92 Å². The van der Waals surface area contributed by atoms with E-state index in [2.05, 4.69) is 13.0 Å². The van der Waals surface area contributed by atoms with E-state index in [-0.39, 0.29) is 24.9 Å². The Kier molecular flexibility index (Phi) is 6.31. The highest BCUT2D eigenvalue weighted by Gasteiger charge is 2.11. The number of benzene rings is 2. The molecule has 0 aromatic heterocycles. The topological polar surface area (TPSA) is 40.5 Å². The molecule has 124 valence electrons. The van der Waals surface area contributed by atoms with Crippen molar-refractivity contribution < 1.29 is 14.6 Å². The molecule has 2 aromatic rings. The van der Waals surface area contributed by atoms with Crippen LogP contribution in [-0.4, -0.2) is 23.4 Å². The molecule has 0 heterocycles. The zero-order valence-electron chi connectivity index (χ0n) is 13.8. The lowest BCUT2D eigenvalue weighted by Gasteiger charge is -2.14. The smallest absolute Gasteiger partial charge is 0.131 e. The van der Waals surface area contributed by atoms with E-state index in [1.54, 1.807) is 6.07 Å². The summed E-state index contributed by atoms with van der Waals surface area (Å²) in [6, 6.07) is 11.4. The van der Waals surface area contributed by atoms with Gasteiger partial charge >= 0.3 is 0 Å². The molecule has 0 radical (unpaired) electrons. The molecule has 0 atom stereocenters. The van der Waals surface area contributed by atoms with Crippen LogP contribution in [0.1, 0.15) is 30.0 Å². The highest BCUT2D eigenvalue weighted by Crippen LogP contribution is 2.29. The van der Waals surface area contributed by atoms with Crippen LogP contribution in [0.25, 0.3) is 11.1 Å². The van der Waals surface area contributed by atoms with E-state index in [0.717, 1.165) is 41.5 Å². The lowest BCUT2D eigenvalue weighted by molar-refractivity contribution is 0.144. The summed E-state index contributed by atoms with van der Waals surface area (Å²) < 4.78 is 14.2. The van der Waals surface area contributed by atoms with E-state index in [9.17, 15) is 4.39 Å². The highest BCUT2D eigenvalue weighted by atomic mass is 19.1. The van der Waals surface area contributed by atoms with Crippen molar-refractivity contribution in [3.63, 3.8) is 0 Å². The Morgan fingerprint density at radius 1 is 1.00 bits per heavy atom. The van der Waals surface area contributed by atoms with E-state index in [4.69, 9.17) is 10.2 Å². The van der Waals surface area contributed by atoms with Crippen LogP contribution < -0.4 is 0 Å². The first-order valence-electron chi connectivity index (χ1n) is 8.19. The second kappa shape index (κ2) is 8.23. The summed E-state index contributed by atoms with van der Waals surface area (Å²) in [5.74, 6) is -0.262. The average Bonchev–Trinajstić information content (AvgIpc) is 2.56. The molecule has 0 bridgehead atoms. The maximum absolute atomic E-state index is 14.2. The Morgan fingerprint density at radius 2 is 1.70 bits per heavy atom. The zero-order chi connectivity index (χ0) is 16.8. The van der Waals surface area contributed by atoms with E-state index < -0.39 is 0 Å². The Balaban J connectivity index is 2.26. The Hall–Kier alpha value is -1.71. The molecule has 2 N–H and O–H groups in total. The van der Waals surface area contributed by atoms with Crippen LogP contribution in [0, 0.1) is 18.7 Å². The van der Waals surface area contributed by atoms with Crippen molar-refractivity contribution in [2.45, 2.75) is 33.1 Å². The maximum Gasteiger partial charge on any atom is 0.131 e. The normalized spacial score (nSPS) is 11.2. The number of aryl methyl sites for hydroxylation is 3. The minimum atomic E-state index is -0.187. The van der Waals surface area contributed by atoms with E-state index in [0.29, 0.717) is 5.56 Å². The molecule has 2 rings (SSSR count). The second-order valence-corrected chi connectivity index (χ2v) is 6.10. The molecule has 0 aliphatic rings. The van der Waals surface area contributed by atoms with Crippen LogP contribution >= 0.6 is 0 Å². The SMILES string of the molecule is CCc1cc(CCC(CO)CO)ccc1-c1ccc(C)cc1F. The van der Waals surface area contributed by atoms with Crippen LogP contribution in [-0.2, 0) is 12.8 Å². The van der Waals surface area contributed by atoms with Gasteiger partial charge in [-0.3, -0.25) is 0 Å². The first-order chi connectivity index (χ1) is 11.1. The van der Waals surface area contributed by atoms with Gasteiger partial charge in [-0.05, 0) is 54.5 Å². The van der Waals surface area contributed by atoms with Gasteiger partial charge in [-0.25, -0.2) is 4.39 Å². The average molecular weight is 316 g/mol. The zero-order valence-corrected chi connectivity index (χ0v) is 13.8. The predicted molar refractivity (Wildman–Crippen MR) is 91.9 cm³/mol. The molecule has 0 aliphatic carbocycles. The van der Waals surface area contributed by atoms with E-state index in [1.165, 1.54) is 0 Å². The van der Waals surface area contributed by atoms with Crippen molar-refractivity contribution in [1.82, 2.24) is 0 Å². The number of aliphatic hydroxyl groups is 2. The molecular formula is C20H25FO2. The molecule has 3 heteroatoms. The van der Waals surface area contributed by atoms with Gasteiger partial charge in [0.15, 0.2) is 0 Å². The molecular weight excluding hydrogens is 291 g/mol. The third kappa shape index (κ3) is 4.40. The Morgan fingerprint density at radius 3 is 2.30 bits per heavy atom. The lowest BCUT2D eigenvalue weighted by atomic mass is 9.92. The maximum atomic E-state index is 14.2. The molecule has 0 amide bonds. The summed E-state index contributed by atoms with van der Waals surface area (Å²) in [5.41, 5.74) is 4.77. The molecule has 0 saturated heterocycles. The summed E-state index contributed by atoms with van der Waals surface area (Å²) in [5, 5.41) is 18.3. The number of rotatable bonds is 7. The third-order valence-corrected chi connectivity index (χ3v) is 4.32. The first kappa shape index (κ1) is 17.6. The standard InChI is InChI=1S/C20H25FO2/c1-3-17-11-15(5-6-16(12-22)13-23)7-9-18(17)19-8-4-14(2)10-20(19)21/h4,7-11,16,22-23H,3,5-6,12-13H2,1-2H3. The molecule has 0 aliphatic heterocycles. The fourth-order valence-electron chi connectivity index (χ4n) is 2.81. The molecule has 2 aromatic carbocycles. The van der Waals surface area contributed by atoms with Gasteiger partial charge in [0, 0.05) is 24.7 Å². The summed E-state index contributed by atoms with van der Waals surface area (Å²) >= 11 is 0. The molecule has 2 nitrogen and oxygen atoms in total. The van der Waals surface area contributed by atoms with E-state index in [1.807, 2.05) is 31.2 Å². The third-order valence-electron chi connectivity index (χ3n) is 4.32. The largest absolute Gasteiger partial charge is 0.396 e. The van der Waals surface area contributed by atoms with Gasteiger partial charge < -0.3 is 10.2 Å². The van der Waals surface area contributed by atoms with Crippen molar-refractivity contribution >= 4 is 0 Å². The Labute approximate surface area is 137 Å². The second-order valence-electron chi connectivity index (χ2n) is 6.10. The summed E-state index contributed by atoms with van der Waals surface area (Å²) in [6.45, 7) is 3.96. The summed E-state index contributed by atoms with van der Waals surface area (Å²) in [7, 11) is 0. The Bertz CT molecular complexity index is 648. The minimum Gasteiger partial charge on any atom is -0.396 e.